The van der Waals surface area contributed by atoms with E-state index in [0.717, 1.165) is 33.1 Å². The molecule has 0 spiro atoms. The van der Waals surface area contributed by atoms with Crippen LogP contribution < -0.4 is 4.90 Å². The van der Waals surface area contributed by atoms with Crippen LogP contribution in [0.1, 0.15) is 31.9 Å². The predicted octanol–water partition coefficient (Wildman–Crippen LogP) is 2.22. The van der Waals surface area contributed by atoms with E-state index in [9.17, 15) is 14.4 Å². The molecule has 29 heavy (non-hydrogen) atoms. The Kier molecular flexibility index (Phi) is 4.25. The van der Waals surface area contributed by atoms with Gasteiger partial charge in [-0.25, -0.2) is 9.79 Å². The quantitative estimate of drug-likeness (QED) is 0.784. The molecule has 8 heteroatoms. The van der Waals surface area contributed by atoms with Crippen molar-refractivity contribution < 1.29 is 14.4 Å². The van der Waals surface area contributed by atoms with E-state index in [1.807, 2.05) is 32.6 Å². The fourth-order valence-corrected chi connectivity index (χ4v) is 4.23. The molecule has 2 atom stereocenters. The molecule has 4 rings (SSSR count). The van der Waals surface area contributed by atoms with Gasteiger partial charge in [0, 0.05) is 18.4 Å². The summed E-state index contributed by atoms with van der Waals surface area (Å²) < 4.78 is 0. The molecule has 1 saturated heterocycles. The van der Waals surface area contributed by atoms with Gasteiger partial charge in [-0.15, -0.1) is 0 Å². The largest absolute Gasteiger partial charge is 0.328 e. The first-order valence-corrected chi connectivity index (χ1v) is 9.63. The Morgan fingerprint density at radius 3 is 2.45 bits per heavy atom. The molecule has 8 nitrogen and oxygen atoms in total. The lowest BCUT2D eigenvalue weighted by Gasteiger charge is -2.40. The number of imide groups is 1. The molecule has 0 bridgehead atoms. The molecule has 0 saturated carbocycles. The maximum Gasteiger partial charge on any atom is 0.328 e. The first-order valence-electron chi connectivity index (χ1n) is 9.63. The number of rotatable bonds is 3. The van der Waals surface area contributed by atoms with Crippen LogP contribution in [0, 0.1) is 13.8 Å². The van der Waals surface area contributed by atoms with E-state index in [2.05, 4.69) is 23.1 Å². The van der Waals surface area contributed by atoms with E-state index >= 15 is 0 Å². The number of Topliss-reactive ketones (excluding diaryl/α,β-unsaturated/α-hetero) is 1. The second kappa shape index (κ2) is 6.43. The number of carbonyl (C=O) groups is 3. The highest BCUT2D eigenvalue weighted by Crippen LogP contribution is 2.40. The number of fused-ring (bicyclic) bond motifs is 3. The first-order chi connectivity index (χ1) is 13.6. The summed E-state index contributed by atoms with van der Waals surface area (Å²) in [6.07, 6.45) is -0.621. The number of ketones is 1. The van der Waals surface area contributed by atoms with Crippen molar-refractivity contribution in [3.05, 3.63) is 40.7 Å². The molecule has 3 heterocycles. The maximum absolute atomic E-state index is 13.2. The predicted molar refractivity (Wildman–Crippen MR) is 109 cm³/mol. The van der Waals surface area contributed by atoms with Gasteiger partial charge in [0.1, 0.15) is 5.78 Å². The van der Waals surface area contributed by atoms with Crippen molar-refractivity contribution in [3.8, 4) is 0 Å². The van der Waals surface area contributed by atoms with Crippen molar-refractivity contribution in [1.82, 2.24) is 14.7 Å². The standard InChI is InChI=1S/C21H25N5O3/c1-11-7-8-12(2)16(9-11)25-14(4)15(5)26-17-18(22-20(25)26)23(6)21(29)24(19(17)28)10-13(3)27/h7-9,17-18H,10H2,1-6H3. The van der Waals surface area contributed by atoms with Crippen LogP contribution >= 0.6 is 0 Å². The van der Waals surface area contributed by atoms with E-state index < -0.39 is 18.2 Å². The van der Waals surface area contributed by atoms with Gasteiger partial charge >= 0.3 is 6.03 Å². The summed E-state index contributed by atoms with van der Waals surface area (Å²) in [5.74, 6) is 0.0166. The second-order valence-corrected chi connectivity index (χ2v) is 7.97. The normalized spacial score (nSPS) is 23.7. The Labute approximate surface area is 170 Å². The number of aryl methyl sites for hydroxylation is 2. The number of hydrogen-bond donors (Lipinski definition) is 0. The third kappa shape index (κ3) is 2.66. The van der Waals surface area contributed by atoms with Gasteiger partial charge in [-0.05, 0) is 51.8 Å². The molecular weight excluding hydrogens is 370 g/mol. The zero-order chi connectivity index (χ0) is 21.2. The van der Waals surface area contributed by atoms with Crippen molar-refractivity contribution in [2.75, 3.05) is 18.5 Å². The van der Waals surface area contributed by atoms with Gasteiger partial charge in [0.2, 0.25) is 5.96 Å². The molecule has 0 N–H and O–H groups in total. The molecule has 3 aliphatic heterocycles. The number of benzene rings is 1. The van der Waals surface area contributed by atoms with Gasteiger partial charge in [-0.3, -0.25) is 24.3 Å². The first kappa shape index (κ1) is 19.2. The molecule has 1 aromatic rings. The van der Waals surface area contributed by atoms with E-state index in [1.165, 1.54) is 11.8 Å². The van der Waals surface area contributed by atoms with Gasteiger partial charge < -0.3 is 4.90 Å². The molecule has 0 aromatic heterocycles. The van der Waals surface area contributed by atoms with Crippen LogP contribution in [0.3, 0.4) is 0 Å². The Balaban J connectivity index is 1.80. The van der Waals surface area contributed by atoms with Crippen molar-refractivity contribution in [2.45, 2.75) is 46.8 Å². The van der Waals surface area contributed by atoms with Crippen molar-refractivity contribution in [2.24, 2.45) is 4.99 Å². The summed E-state index contributed by atoms with van der Waals surface area (Å²) in [6.45, 7) is 9.18. The summed E-state index contributed by atoms with van der Waals surface area (Å²) in [5.41, 5.74) is 5.12. The minimum atomic E-state index is -0.669. The van der Waals surface area contributed by atoms with Crippen LogP contribution in [-0.4, -0.2) is 64.2 Å². The SMILES string of the molecule is CC(=O)CN1C(=O)C2C(N=C3N(c4cc(C)ccc4C)C(C)=C(C)N32)N(C)C1=O. The molecule has 1 aromatic carbocycles. The molecule has 152 valence electrons. The van der Waals surface area contributed by atoms with Crippen LogP contribution in [-0.2, 0) is 9.59 Å². The van der Waals surface area contributed by atoms with Crippen molar-refractivity contribution in [3.63, 3.8) is 0 Å². The minimum absolute atomic E-state index is 0.225. The third-order valence-electron chi connectivity index (χ3n) is 5.88. The van der Waals surface area contributed by atoms with Crippen molar-refractivity contribution >= 4 is 29.4 Å². The van der Waals surface area contributed by atoms with Crippen LogP contribution in [0.5, 0.6) is 0 Å². The Morgan fingerprint density at radius 1 is 1.10 bits per heavy atom. The summed E-state index contributed by atoms with van der Waals surface area (Å²) in [5, 5.41) is 0. The molecule has 3 amide bonds. The number of allylic oxidation sites excluding steroid dienone is 2. The molecule has 2 unspecified atom stereocenters. The fourth-order valence-electron chi connectivity index (χ4n) is 4.23. The molecule has 0 aliphatic carbocycles. The number of aliphatic imine (C=N–C) groups is 1. The lowest BCUT2D eigenvalue weighted by molar-refractivity contribution is -0.139. The number of urea groups is 1. The molecule has 3 aliphatic rings. The summed E-state index contributed by atoms with van der Waals surface area (Å²) in [7, 11) is 1.62. The molecular formula is C21H25N5O3. The highest BCUT2D eigenvalue weighted by atomic mass is 16.2. The average molecular weight is 395 g/mol. The zero-order valence-corrected chi connectivity index (χ0v) is 17.6. The fraction of sp³-hybridized carbons (Fsp3) is 0.429. The van der Waals surface area contributed by atoms with Crippen LogP contribution in [0.25, 0.3) is 0 Å². The summed E-state index contributed by atoms with van der Waals surface area (Å²) in [6, 6.07) is 5.06. The van der Waals surface area contributed by atoms with Gasteiger partial charge in [-0.1, -0.05) is 12.1 Å². The summed E-state index contributed by atoms with van der Waals surface area (Å²) >= 11 is 0. The van der Waals surface area contributed by atoms with E-state index in [4.69, 9.17) is 4.99 Å². The van der Waals surface area contributed by atoms with E-state index in [-0.39, 0.29) is 18.2 Å². The van der Waals surface area contributed by atoms with Gasteiger partial charge in [-0.2, -0.15) is 0 Å². The Hall–Kier alpha value is -3.16. The van der Waals surface area contributed by atoms with Gasteiger partial charge in [0.15, 0.2) is 12.2 Å². The number of nitrogens with zero attached hydrogens (tertiary/aromatic N) is 5. The number of guanidine groups is 1. The highest BCUT2D eigenvalue weighted by molar-refractivity contribution is 6.11. The number of likely N-dealkylation sites (N-methyl/N-ethyl adjacent to an activating group) is 1. The number of anilines is 1. The lowest BCUT2D eigenvalue weighted by Crippen LogP contribution is -2.65. The topological polar surface area (TPSA) is 76.5 Å². The third-order valence-corrected chi connectivity index (χ3v) is 5.88. The van der Waals surface area contributed by atoms with Crippen LogP contribution in [0.4, 0.5) is 10.5 Å². The molecule has 0 radical (unpaired) electrons. The lowest BCUT2D eigenvalue weighted by atomic mass is 10.1. The number of carbonyl (C=O) groups excluding carboxylic acids is 3. The number of amides is 3. The maximum atomic E-state index is 13.2. The number of hydrogen-bond acceptors (Lipinski definition) is 6. The molecule has 1 fully saturated rings. The monoisotopic (exact) mass is 395 g/mol. The second-order valence-electron chi connectivity index (χ2n) is 7.97. The van der Waals surface area contributed by atoms with Crippen LogP contribution in [0.2, 0.25) is 0 Å². The van der Waals surface area contributed by atoms with Crippen molar-refractivity contribution in [1.29, 1.82) is 0 Å². The van der Waals surface area contributed by atoms with Crippen LogP contribution in [0.15, 0.2) is 34.6 Å². The summed E-state index contributed by atoms with van der Waals surface area (Å²) in [4.78, 5) is 48.8. The van der Waals surface area contributed by atoms with E-state index in [0.29, 0.717) is 5.96 Å². The average Bonchev–Trinajstić information content (AvgIpc) is 3.15. The zero-order valence-electron chi connectivity index (χ0n) is 17.6. The highest BCUT2D eigenvalue weighted by Gasteiger charge is 2.56. The van der Waals surface area contributed by atoms with E-state index in [1.54, 1.807) is 7.05 Å². The smallest absolute Gasteiger partial charge is 0.302 e. The Bertz CT molecular complexity index is 1010. The van der Waals surface area contributed by atoms with Gasteiger partial charge in [0.25, 0.3) is 5.91 Å². The minimum Gasteiger partial charge on any atom is -0.302 e. The Morgan fingerprint density at radius 2 is 1.79 bits per heavy atom. The van der Waals surface area contributed by atoms with Gasteiger partial charge in [0.05, 0.1) is 12.2 Å².